The van der Waals surface area contributed by atoms with Crippen molar-refractivity contribution in [3.8, 4) is 0 Å². The van der Waals surface area contributed by atoms with Crippen molar-refractivity contribution in [1.82, 2.24) is 0 Å². The topological polar surface area (TPSA) is 12.0 Å². The molecule has 0 unspecified atom stereocenters. The van der Waals surface area contributed by atoms with Crippen molar-refractivity contribution >= 4 is 21.6 Å². The van der Waals surface area contributed by atoms with Crippen LogP contribution in [-0.2, 0) is 6.54 Å². The maximum Gasteiger partial charge on any atom is 0.0400 e. The summed E-state index contributed by atoms with van der Waals surface area (Å²) in [6.07, 6.45) is 0. The Kier molecular flexibility index (Phi) is 4.07. The van der Waals surface area contributed by atoms with Crippen molar-refractivity contribution in [3.63, 3.8) is 0 Å². The van der Waals surface area contributed by atoms with E-state index in [1.807, 2.05) is 0 Å². The van der Waals surface area contributed by atoms with Gasteiger partial charge in [-0.15, -0.1) is 0 Å². The highest BCUT2D eigenvalue weighted by Crippen LogP contribution is 2.21. The van der Waals surface area contributed by atoms with E-state index >= 15 is 0 Å². The van der Waals surface area contributed by atoms with Gasteiger partial charge in [0.2, 0.25) is 0 Å². The van der Waals surface area contributed by atoms with E-state index in [1.54, 1.807) is 0 Å². The van der Waals surface area contributed by atoms with E-state index in [9.17, 15) is 0 Å². The molecule has 0 amide bonds. The number of hydrogen-bond donors (Lipinski definition) is 1. The molecule has 0 aromatic heterocycles. The number of halogens is 1. The first-order valence-corrected chi connectivity index (χ1v) is 6.92. The van der Waals surface area contributed by atoms with Gasteiger partial charge < -0.3 is 5.32 Å². The Bertz CT molecular complexity index is 561. The molecule has 94 valence electrons. The minimum Gasteiger partial charge on any atom is -0.381 e. The number of rotatable bonds is 3. The quantitative estimate of drug-likeness (QED) is 0.842. The standard InChI is InChI=1S/C16H18BrN/c1-11-4-5-14(8-12(11)2)10-18-16-7-6-15(17)9-13(16)3/h4-9,18H,10H2,1-3H3. The lowest BCUT2D eigenvalue weighted by atomic mass is 10.1. The summed E-state index contributed by atoms with van der Waals surface area (Å²) in [6, 6.07) is 12.9. The Morgan fingerprint density at radius 2 is 1.67 bits per heavy atom. The van der Waals surface area contributed by atoms with Crippen molar-refractivity contribution in [1.29, 1.82) is 0 Å². The van der Waals surface area contributed by atoms with Crippen LogP contribution in [0.25, 0.3) is 0 Å². The zero-order valence-corrected chi connectivity index (χ0v) is 12.6. The summed E-state index contributed by atoms with van der Waals surface area (Å²) in [5.41, 5.74) is 6.46. The van der Waals surface area contributed by atoms with Crippen LogP contribution < -0.4 is 5.32 Å². The maximum atomic E-state index is 3.48. The first-order valence-electron chi connectivity index (χ1n) is 6.12. The molecule has 1 nitrogen and oxygen atoms in total. The van der Waals surface area contributed by atoms with Crippen LogP contribution in [0.2, 0.25) is 0 Å². The summed E-state index contributed by atoms with van der Waals surface area (Å²) >= 11 is 3.48. The van der Waals surface area contributed by atoms with Crippen LogP contribution in [0.3, 0.4) is 0 Å². The molecule has 0 atom stereocenters. The van der Waals surface area contributed by atoms with Gasteiger partial charge in [0, 0.05) is 16.7 Å². The van der Waals surface area contributed by atoms with E-state index in [-0.39, 0.29) is 0 Å². The number of hydrogen-bond acceptors (Lipinski definition) is 1. The highest BCUT2D eigenvalue weighted by atomic mass is 79.9. The minimum atomic E-state index is 0.865. The van der Waals surface area contributed by atoms with Crippen LogP contribution in [0.15, 0.2) is 40.9 Å². The van der Waals surface area contributed by atoms with Gasteiger partial charge in [-0.05, 0) is 61.2 Å². The third-order valence-corrected chi connectivity index (χ3v) is 3.74. The van der Waals surface area contributed by atoms with E-state index in [0.29, 0.717) is 0 Å². The van der Waals surface area contributed by atoms with Gasteiger partial charge in [-0.25, -0.2) is 0 Å². The first-order chi connectivity index (χ1) is 8.56. The molecule has 0 aliphatic rings. The number of aryl methyl sites for hydroxylation is 3. The Labute approximate surface area is 117 Å². The molecule has 0 bridgehead atoms. The van der Waals surface area contributed by atoms with Crippen LogP contribution in [-0.4, -0.2) is 0 Å². The van der Waals surface area contributed by atoms with Gasteiger partial charge in [0.15, 0.2) is 0 Å². The van der Waals surface area contributed by atoms with E-state index in [4.69, 9.17) is 0 Å². The molecule has 2 aromatic carbocycles. The van der Waals surface area contributed by atoms with Crippen LogP contribution in [0.5, 0.6) is 0 Å². The normalized spacial score (nSPS) is 10.4. The SMILES string of the molecule is Cc1ccc(CNc2ccc(Br)cc2C)cc1C. The lowest BCUT2D eigenvalue weighted by Gasteiger charge is -2.11. The molecule has 2 heteroatoms. The van der Waals surface area contributed by atoms with Crippen molar-refractivity contribution in [2.24, 2.45) is 0 Å². The Morgan fingerprint density at radius 1 is 0.889 bits per heavy atom. The fourth-order valence-corrected chi connectivity index (χ4v) is 2.41. The smallest absolute Gasteiger partial charge is 0.0400 e. The second-order valence-corrected chi connectivity index (χ2v) is 5.65. The summed E-state index contributed by atoms with van der Waals surface area (Å²) in [5.74, 6) is 0. The average Bonchev–Trinajstić information content (AvgIpc) is 2.32. The summed E-state index contributed by atoms with van der Waals surface area (Å²) in [5, 5.41) is 3.48. The number of benzene rings is 2. The van der Waals surface area contributed by atoms with Gasteiger partial charge >= 0.3 is 0 Å². The third-order valence-electron chi connectivity index (χ3n) is 3.24. The van der Waals surface area contributed by atoms with E-state index < -0.39 is 0 Å². The number of nitrogens with one attached hydrogen (secondary N) is 1. The maximum absolute atomic E-state index is 3.48. The molecule has 0 spiro atoms. The summed E-state index contributed by atoms with van der Waals surface area (Å²) in [4.78, 5) is 0. The van der Waals surface area contributed by atoms with E-state index in [1.165, 1.54) is 27.9 Å². The van der Waals surface area contributed by atoms with E-state index in [2.05, 4.69) is 78.4 Å². The first kappa shape index (κ1) is 13.2. The van der Waals surface area contributed by atoms with Crippen molar-refractivity contribution < 1.29 is 0 Å². The van der Waals surface area contributed by atoms with Crippen molar-refractivity contribution in [2.75, 3.05) is 5.32 Å². The highest BCUT2D eigenvalue weighted by molar-refractivity contribution is 9.10. The molecule has 0 saturated carbocycles. The monoisotopic (exact) mass is 303 g/mol. The zero-order valence-electron chi connectivity index (χ0n) is 11.0. The fourth-order valence-electron chi connectivity index (χ4n) is 1.94. The predicted molar refractivity (Wildman–Crippen MR) is 82.1 cm³/mol. The summed E-state index contributed by atoms with van der Waals surface area (Å²) in [7, 11) is 0. The highest BCUT2D eigenvalue weighted by Gasteiger charge is 2.00. The molecule has 0 radical (unpaired) electrons. The van der Waals surface area contributed by atoms with Crippen LogP contribution >= 0.6 is 15.9 Å². The van der Waals surface area contributed by atoms with Crippen molar-refractivity contribution in [3.05, 3.63) is 63.1 Å². The predicted octanol–water partition coefficient (Wildman–Crippen LogP) is 4.99. The molecule has 0 aliphatic carbocycles. The molecule has 0 heterocycles. The van der Waals surface area contributed by atoms with Crippen LogP contribution in [0.1, 0.15) is 22.3 Å². The molecule has 1 N–H and O–H groups in total. The molecular weight excluding hydrogens is 286 g/mol. The van der Waals surface area contributed by atoms with Gasteiger partial charge in [0.1, 0.15) is 0 Å². The summed E-state index contributed by atoms with van der Waals surface area (Å²) in [6.45, 7) is 7.28. The molecule has 0 fully saturated rings. The van der Waals surface area contributed by atoms with Crippen LogP contribution in [0, 0.1) is 20.8 Å². The minimum absolute atomic E-state index is 0.865. The molecule has 0 aliphatic heterocycles. The zero-order chi connectivity index (χ0) is 13.1. The largest absolute Gasteiger partial charge is 0.381 e. The molecular formula is C16H18BrN. The third kappa shape index (κ3) is 3.14. The Morgan fingerprint density at radius 3 is 2.33 bits per heavy atom. The fraction of sp³-hybridized carbons (Fsp3) is 0.250. The molecule has 2 aromatic rings. The summed E-state index contributed by atoms with van der Waals surface area (Å²) < 4.78 is 1.12. The van der Waals surface area contributed by atoms with Crippen LogP contribution in [0.4, 0.5) is 5.69 Å². The van der Waals surface area contributed by atoms with Gasteiger partial charge in [0.25, 0.3) is 0 Å². The molecule has 18 heavy (non-hydrogen) atoms. The lowest BCUT2D eigenvalue weighted by molar-refractivity contribution is 1.12. The molecule has 0 saturated heterocycles. The van der Waals surface area contributed by atoms with Gasteiger partial charge in [-0.2, -0.15) is 0 Å². The average molecular weight is 304 g/mol. The second kappa shape index (κ2) is 5.57. The lowest BCUT2D eigenvalue weighted by Crippen LogP contribution is -2.01. The number of anilines is 1. The van der Waals surface area contributed by atoms with Gasteiger partial charge in [0.05, 0.1) is 0 Å². The van der Waals surface area contributed by atoms with Crippen molar-refractivity contribution in [2.45, 2.75) is 27.3 Å². The second-order valence-electron chi connectivity index (χ2n) is 4.73. The molecule has 2 rings (SSSR count). The Balaban J connectivity index is 2.09. The Hall–Kier alpha value is -1.28. The van der Waals surface area contributed by atoms with E-state index in [0.717, 1.165) is 11.0 Å². The van der Waals surface area contributed by atoms with Gasteiger partial charge in [-0.1, -0.05) is 34.1 Å². The van der Waals surface area contributed by atoms with Gasteiger partial charge in [-0.3, -0.25) is 0 Å².